The number of ketones is 1. The van der Waals surface area contributed by atoms with Gasteiger partial charge in [0.15, 0.2) is 5.78 Å². The summed E-state index contributed by atoms with van der Waals surface area (Å²) in [7, 11) is 2.00. The van der Waals surface area contributed by atoms with E-state index >= 15 is 0 Å². The van der Waals surface area contributed by atoms with Crippen LogP contribution in [-0.2, 0) is 22.4 Å². The van der Waals surface area contributed by atoms with Crippen LogP contribution in [0.2, 0.25) is 0 Å². The van der Waals surface area contributed by atoms with Crippen molar-refractivity contribution in [3.8, 4) is 11.1 Å². The molecule has 0 saturated carbocycles. The van der Waals surface area contributed by atoms with E-state index < -0.39 is 0 Å². The average Bonchev–Trinajstić information content (AvgIpc) is 3.23. The highest BCUT2D eigenvalue weighted by Crippen LogP contribution is 2.49. The Labute approximate surface area is 212 Å². The number of hydrogen-bond donors (Lipinski definition) is 1. The van der Waals surface area contributed by atoms with Crippen molar-refractivity contribution in [2.75, 3.05) is 51.3 Å². The number of hydrogen-bond acceptors (Lipinski definition) is 6. The number of likely N-dealkylation sites (tertiary alicyclic amines) is 1. The van der Waals surface area contributed by atoms with Crippen molar-refractivity contribution in [3.05, 3.63) is 40.3 Å². The number of morpholine rings is 1. The fraction of sp³-hybridized carbons (Fsp3) is 0.571. The minimum Gasteiger partial charge on any atom is -0.378 e. The van der Waals surface area contributed by atoms with E-state index in [-0.39, 0.29) is 17.1 Å². The van der Waals surface area contributed by atoms with Crippen molar-refractivity contribution in [1.29, 1.82) is 0 Å². The van der Waals surface area contributed by atoms with E-state index in [1.807, 2.05) is 11.9 Å². The first kappa shape index (κ1) is 24.5. The first-order valence-electron chi connectivity index (χ1n) is 12.9. The Morgan fingerprint density at radius 1 is 1.14 bits per heavy atom. The normalized spacial score (nSPS) is 20.7. The molecule has 35 heavy (non-hydrogen) atoms. The molecule has 188 valence electrons. The molecular formula is C28H37N3O3S. The summed E-state index contributed by atoms with van der Waals surface area (Å²) in [6, 6.07) is 8.96. The van der Waals surface area contributed by atoms with Gasteiger partial charge in [-0.2, -0.15) is 0 Å². The molecule has 5 rings (SSSR count). The third-order valence-electron chi connectivity index (χ3n) is 7.66. The van der Waals surface area contributed by atoms with Crippen LogP contribution in [0.15, 0.2) is 24.3 Å². The highest BCUT2D eigenvalue weighted by atomic mass is 32.1. The number of Topliss-reactive ketones (excluding diaryl/α,β-unsaturated/α-hetero) is 1. The van der Waals surface area contributed by atoms with Gasteiger partial charge in [-0.1, -0.05) is 38.1 Å². The average molecular weight is 496 g/mol. The highest BCUT2D eigenvalue weighted by molar-refractivity contribution is 7.19. The maximum absolute atomic E-state index is 13.1. The van der Waals surface area contributed by atoms with Crippen LogP contribution in [0.25, 0.3) is 11.1 Å². The smallest absolute Gasteiger partial charge is 0.226 e. The third-order valence-corrected chi connectivity index (χ3v) is 9.00. The maximum Gasteiger partial charge on any atom is 0.226 e. The van der Waals surface area contributed by atoms with Gasteiger partial charge in [0, 0.05) is 44.2 Å². The molecule has 1 aromatic carbocycles. The highest BCUT2D eigenvalue weighted by Gasteiger charge is 2.37. The monoisotopic (exact) mass is 495 g/mol. The molecule has 2 aliphatic heterocycles. The molecule has 2 saturated heterocycles. The Hall–Kier alpha value is -2.22. The molecule has 0 radical (unpaired) electrons. The summed E-state index contributed by atoms with van der Waals surface area (Å²) in [6.45, 7) is 9.11. The lowest BCUT2D eigenvalue weighted by Gasteiger charge is -2.32. The van der Waals surface area contributed by atoms with E-state index in [0.717, 1.165) is 61.4 Å². The minimum absolute atomic E-state index is 0.0464. The second-order valence-electron chi connectivity index (χ2n) is 11.0. The number of anilines is 1. The fourth-order valence-corrected chi connectivity index (χ4v) is 7.06. The molecule has 1 aromatic heterocycles. The van der Waals surface area contributed by atoms with E-state index in [9.17, 15) is 9.59 Å². The Morgan fingerprint density at radius 2 is 1.89 bits per heavy atom. The second kappa shape index (κ2) is 10.0. The summed E-state index contributed by atoms with van der Waals surface area (Å²) in [5.41, 5.74) is 4.49. The van der Waals surface area contributed by atoms with Crippen molar-refractivity contribution in [3.63, 3.8) is 0 Å². The number of thiophene rings is 1. The molecule has 3 aliphatic rings. The Bertz CT molecular complexity index is 1090. The van der Waals surface area contributed by atoms with Gasteiger partial charge in [0.2, 0.25) is 5.91 Å². The molecule has 0 unspecified atom stereocenters. The van der Waals surface area contributed by atoms with E-state index in [1.54, 1.807) is 11.3 Å². The van der Waals surface area contributed by atoms with Gasteiger partial charge < -0.3 is 19.9 Å². The van der Waals surface area contributed by atoms with Crippen LogP contribution in [0.4, 0.5) is 5.00 Å². The van der Waals surface area contributed by atoms with Crippen molar-refractivity contribution in [1.82, 2.24) is 10.2 Å². The molecule has 2 aromatic rings. The Kier molecular flexibility index (Phi) is 7.02. The summed E-state index contributed by atoms with van der Waals surface area (Å²) in [5.74, 6) is 0.465. The summed E-state index contributed by atoms with van der Waals surface area (Å²) < 4.78 is 5.61. The third kappa shape index (κ3) is 5.18. The predicted molar refractivity (Wildman–Crippen MR) is 142 cm³/mol. The van der Waals surface area contributed by atoms with Gasteiger partial charge in [-0.05, 0) is 48.4 Å². The number of amides is 1. The number of rotatable bonds is 5. The maximum atomic E-state index is 13.1. The predicted octanol–water partition coefficient (Wildman–Crippen LogP) is 4.16. The lowest BCUT2D eigenvalue weighted by atomic mass is 9.75. The lowest BCUT2D eigenvalue weighted by Crippen LogP contribution is -2.44. The van der Waals surface area contributed by atoms with E-state index in [0.29, 0.717) is 32.1 Å². The number of nitrogens with zero attached hydrogens (tertiary/aromatic N) is 2. The molecule has 0 spiro atoms. The quantitative estimate of drug-likeness (QED) is 0.675. The number of nitrogens with one attached hydrogen (secondary N) is 1. The molecule has 0 bridgehead atoms. The lowest BCUT2D eigenvalue weighted by molar-refractivity contribution is -0.131. The molecular weight excluding hydrogens is 458 g/mol. The van der Waals surface area contributed by atoms with Crippen LogP contribution >= 0.6 is 11.3 Å². The summed E-state index contributed by atoms with van der Waals surface area (Å²) in [6.07, 6.45) is 3.93. The zero-order chi connectivity index (χ0) is 24.6. The van der Waals surface area contributed by atoms with Gasteiger partial charge in [-0.25, -0.2) is 0 Å². The van der Waals surface area contributed by atoms with E-state index in [1.165, 1.54) is 16.1 Å². The number of ether oxygens (including phenoxy) is 1. The van der Waals surface area contributed by atoms with E-state index in [4.69, 9.17) is 4.74 Å². The number of fused-ring (bicyclic) bond motifs is 1. The molecule has 1 aliphatic carbocycles. The molecule has 1 N–H and O–H groups in total. The van der Waals surface area contributed by atoms with Crippen LogP contribution in [0.3, 0.4) is 0 Å². The number of benzene rings is 1. The van der Waals surface area contributed by atoms with Gasteiger partial charge in [0.25, 0.3) is 0 Å². The molecule has 1 amide bonds. The molecule has 6 nitrogen and oxygen atoms in total. The van der Waals surface area contributed by atoms with Crippen molar-refractivity contribution in [2.24, 2.45) is 5.41 Å². The van der Waals surface area contributed by atoms with Crippen molar-refractivity contribution in [2.45, 2.75) is 52.0 Å². The molecule has 2 fully saturated rings. The summed E-state index contributed by atoms with van der Waals surface area (Å²) >= 11 is 1.66. The first-order chi connectivity index (χ1) is 16.8. The molecule has 0 atom stereocenters. The fourth-order valence-electron chi connectivity index (χ4n) is 5.73. The van der Waals surface area contributed by atoms with Gasteiger partial charge in [0.05, 0.1) is 29.5 Å². The van der Waals surface area contributed by atoms with Gasteiger partial charge in [0.1, 0.15) is 0 Å². The van der Waals surface area contributed by atoms with Gasteiger partial charge in [-0.3, -0.25) is 9.59 Å². The first-order valence-corrected chi connectivity index (χ1v) is 13.7. The number of piperidine rings is 1. The molecule has 7 heteroatoms. The number of carbonyl (C=O) groups excluding carboxylic acids is 2. The summed E-state index contributed by atoms with van der Waals surface area (Å²) in [5, 5.41) is 4.51. The zero-order valence-electron chi connectivity index (χ0n) is 21.2. The second-order valence-corrected chi connectivity index (χ2v) is 12.0. The number of carbonyl (C=O) groups is 2. The van der Waals surface area contributed by atoms with Gasteiger partial charge >= 0.3 is 0 Å². The zero-order valence-corrected chi connectivity index (χ0v) is 22.0. The van der Waals surface area contributed by atoms with Crippen LogP contribution in [0.1, 0.15) is 53.9 Å². The SMILES string of the molecule is CNC1CCN(C(=O)Cc2cccc(-c3c(N4CCOCC4)sc4c3CC(C)(C)CC4=O)c2)CC1. The van der Waals surface area contributed by atoms with Crippen molar-refractivity contribution >= 4 is 28.0 Å². The van der Waals surface area contributed by atoms with Crippen LogP contribution in [0, 0.1) is 5.41 Å². The minimum atomic E-state index is -0.0464. The van der Waals surface area contributed by atoms with Gasteiger partial charge in [-0.15, -0.1) is 11.3 Å². The largest absolute Gasteiger partial charge is 0.378 e. The van der Waals surface area contributed by atoms with Crippen LogP contribution in [-0.4, -0.2) is 69.1 Å². The van der Waals surface area contributed by atoms with Crippen LogP contribution in [0.5, 0.6) is 0 Å². The summed E-state index contributed by atoms with van der Waals surface area (Å²) in [4.78, 5) is 31.5. The Morgan fingerprint density at radius 3 is 2.60 bits per heavy atom. The standard InChI is InChI=1S/C28H37N3O3S/c1-28(2)17-22-25(27(31-11-13-34-14-12-31)35-26(22)23(32)18-28)20-6-4-5-19(15-20)16-24(33)30-9-7-21(29-3)8-10-30/h4-6,15,21,29H,7-14,16-18H2,1-3H3. The van der Waals surface area contributed by atoms with E-state index in [2.05, 4.69) is 48.3 Å². The van der Waals surface area contributed by atoms with Crippen molar-refractivity contribution < 1.29 is 14.3 Å². The molecule has 3 heterocycles. The topological polar surface area (TPSA) is 61.9 Å². The van der Waals surface area contributed by atoms with Crippen LogP contribution < -0.4 is 10.2 Å². The Balaban J connectivity index is 1.46.